The molecule has 0 radical (unpaired) electrons. The fourth-order valence-electron chi connectivity index (χ4n) is 8.05. The number of benzene rings is 6. The predicted molar refractivity (Wildman–Crippen MR) is 249 cm³/mol. The summed E-state index contributed by atoms with van der Waals surface area (Å²) in [5.74, 6) is 0. The Labute approximate surface area is 471 Å². The summed E-state index contributed by atoms with van der Waals surface area (Å²) in [7, 11) is 12.7. The molecule has 0 amide bonds. The van der Waals surface area contributed by atoms with Crippen LogP contribution < -0.4 is 31.8 Å². The second-order valence-corrected chi connectivity index (χ2v) is 25.8. The summed E-state index contributed by atoms with van der Waals surface area (Å²) < 4.78 is 343. The van der Waals surface area contributed by atoms with E-state index in [4.69, 9.17) is 38.1 Å². The Hall–Kier alpha value is -3.02. The molecule has 0 atom stereocenters. The van der Waals surface area contributed by atoms with Crippen molar-refractivity contribution in [2.75, 3.05) is 0 Å². The van der Waals surface area contributed by atoms with Crippen molar-refractivity contribution in [3.8, 4) is 0 Å². The van der Waals surface area contributed by atoms with Gasteiger partial charge in [-0.25, -0.2) is 0 Å². The van der Waals surface area contributed by atoms with Crippen LogP contribution in [-0.2, 0) is 107 Å². The van der Waals surface area contributed by atoms with Gasteiger partial charge in [0.05, 0.1) is 44.5 Å². The molecule has 0 aliphatic heterocycles. The zero-order chi connectivity index (χ0) is 60.5. The summed E-state index contributed by atoms with van der Waals surface area (Å²) in [6, 6.07) is 6.90. The molecule has 0 fully saturated rings. The molecule has 80 heavy (non-hydrogen) atoms. The van der Waals surface area contributed by atoms with Crippen LogP contribution in [0.5, 0.6) is 0 Å². The summed E-state index contributed by atoms with van der Waals surface area (Å²) in [5.41, 5.74) is -16.2. The minimum atomic E-state index is -5.57. The number of rotatable bonds is 6. The average molecular weight is 1480 g/mol. The van der Waals surface area contributed by atoms with Crippen LogP contribution in [0.3, 0.4) is 0 Å². The van der Waals surface area contributed by atoms with E-state index in [1.54, 1.807) is 0 Å². The summed E-state index contributed by atoms with van der Waals surface area (Å²) in [6.45, 7) is 0. The number of hydrogen-bond donors (Lipinski definition) is 0. The van der Waals surface area contributed by atoms with Gasteiger partial charge in [0.25, 0.3) is 0 Å². The van der Waals surface area contributed by atoms with E-state index >= 15 is 0 Å². The van der Waals surface area contributed by atoms with Crippen molar-refractivity contribution < 1.29 is 137 Å². The molecule has 0 unspecified atom stereocenters. The Morgan fingerprint density at radius 3 is 0.600 bits per heavy atom. The molecule has 0 aromatic heterocycles. The molecule has 0 heterocycles. The normalized spacial score (nSPS) is 14.0. The first kappa shape index (κ1) is 67.8. The molecule has 4 aliphatic rings. The molecule has 444 valence electrons. The van der Waals surface area contributed by atoms with Gasteiger partial charge < -0.3 is 0 Å². The standard InChI is InChI=1S/C48H26F24P2.4ClH.2Pd/c49-41(50,51)27-11-28(42(52,53)54)16-35(15-27)73(36-17-29(43(55,56)57)12-30(18-36)44(58,59)60)39-9-23-1-5-25(39)8-4-24-2-6-26(7-3-23)40(10-24)74(37-19-31(45(61,62)63)13-32(20-37)46(64,65)66)38-21-33(47(67,68)69)14-34(22-38)48(70,71)72;;;;;;/h1-2,5-6,9-22H,3-4,7-8H2;4*1H;;/q;;;;;2*+2/p-4. The molecular weight excluding hydrogens is 1450 g/mol. The number of aryl methyl sites for hydroxylation is 4. The number of alkyl halides is 24. The monoisotopic (exact) mass is 1470 g/mol. The van der Waals surface area contributed by atoms with Gasteiger partial charge in [0.1, 0.15) is 0 Å². The fraction of sp³-hybridized carbons (Fsp3) is 0.250. The summed E-state index contributed by atoms with van der Waals surface area (Å²) in [6.07, 6.45) is -46.5. The van der Waals surface area contributed by atoms with Crippen LogP contribution in [0.1, 0.15) is 66.8 Å². The molecule has 6 aromatic rings. The van der Waals surface area contributed by atoms with Crippen LogP contribution in [0, 0.1) is 0 Å². The van der Waals surface area contributed by atoms with E-state index in [1.807, 2.05) is 0 Å². The van der Waals surface area contributed by atoms with Crippen LogP contribution in [0.15, 0.2) is 109 Å². The van der Waals surface area contributed by atoms with Crippen molar-refractivity contribution in [2.24, 2.45) is 0 Å². The Bertz CT molecular complexity index is 2660. The second-order valence-electron chi connectivity index (χ2n) is 16.7. The topological polar surface area (TPSA) is 0 Å². The van der Waals surface area contributed by atoms with Gasteiger partial charge in [0.15, 0.2) is 0 Å². The van der Waals surface area contributed by atoms with Gasteiger partial charge in [-0.05, 0) is 168 Å². The molecule has 10 rings (SSSR count). The van der Waals surface area contributed by atoms with Crippen molar-refractivity contribution in [1.29, 1.82) is 0 Å². The third-order valence-electron chi connectivity index (χ3n) is 11.5. The third kappa shape index (κ3) is 17.5. The second kappa shape index (κ2) is 25.7. The maximum absolute atomic E-state index is 14.3. The van der Waals surface area contributed by atoms with Gasteiger partial charge in [-0.1, -0.05) is 36.4 Å². The first-order chi connectivity index (χ1) is 36.5. The third-order valence-corrected chi connectivity index (χ3v) is 16.4. The van der Waals surface area contributed by atoms with Crippen LogP contribution >= 0.6 is 54.0 Å². The summed E-state index contributed by atoms with van der Waals surface area (Å²) in [5, 5.41) is -4.79. The van der Waals surface area contributed by atoms with E-state index in [2.05, 4.69) is 0 Å². The summed E-state index contributed by atoms with van der Waals surface area (Å²) in [4.78, 5) is 0. The van der Waals surface area contributed by atoms with Crippen molar-refractivity contribution in [3.63, 3.8) is 0 Å². The average Bonchev–Trinajstić information content (AvgIpc) is 3.31. The van der Waals surface area contributed by atoms with Crippen molar-refractivity contribution >= 4 is 85.8 Å². The maximum atomic E-state index is 14.3. The molecule has 0 saturated carbocycles. The molecular formula is C48H26Cl4F24P2Pd2. The van der Waals surface area contributed by atoms with E-state index in [-0.39, 0.29) is 138 Å². The SMILES string of the molecule is FC(F)(F)c1cc(P(c2cc(C(F)(F)F)cc(C(F)(F)F)c2)c2cc3ccc2CCc2ccc(c(P(c4cc(C(F)(F)F)cc(C(F)(F)F)c4)c4cc(C(F)(F)F)cc(C(F)(F)F)c4)c2)CC3)cc(C(F)(F)F)c1.[Cl][Pd][Cl].[Cl][Pd][Cl]. The zero-order valence-electron chi connectivity index (χ0n) is 38.3. The van der Waals surface area contributed by atoms with Crippen LogP contribution in [0.4, 0.5) is 105 Å². The molecule has 0 nitrogen and oxygen atoms in total. The quantitative estimate of drug-likeness (QED) is 0.0886. The van der Waals surface area contributed by atoms with E-state index < -0.39 is 157 Å². The zero-order valence-corrected chi connectivity index (χ0v) is 46.3. The van der Waals surface area contributed by atoms with Gasteiger partial charge in [-0.15, -0.1) is 0 Å². The van der Waals surface area contributed by atoms with Gasteiger partial charge in [0.2, 0.25) is 0 Å². The van der Waals surface area contributed by atoms with Gasteiger partial charge in [-0.2, -0.15) is 105 Å². The van der Waals surface area contributed by atoms with E-state index in [9.17, 15) is 105 Å². The molecule has 0 spiro atoms. The van der Waals surface area contributed by atoms with Gasteiger partial charge in [-0.3, -0.25) is 0 Å². The van der Waals surface area contributed by atoms with Crippen LogP contribution in [0.25, 0.3) is 0 Å². The molecule has 6 aromatic carbocycles. The van der Waals surface area contributed by atoms with Crippen molar-refractivity contribution in [2.45, 2.75) is 75.1 Å². The Morgan fingerprint density at radius 2 is 0.438 bits per heavy atom. The molecule has 4 aliphatic carbocycles. The Morgan fingerprint density at radius 1 is 0.263 bits per heavy atom. The fourth-order valence-corrected chi connectivity index (χ4v) is 13.4. The van der Waals surface area contributed by atoms with E-state index in [1.165, 1.54) is 24.3 Å². The predicted octanol–water partition coefficient (Wildman–Crippen LogP) is 18.0. The first-order valence-corrected chi connectivity index (χ1v) is 31.9. The van der Waals surface area contributed by atoms with E-state index in [0.717, 1.165) is 12.1 Å². The van der Waals surface area contributed by atoms with Gasteiger partial charge >= 0.3 is 119 Å². The van der Waals surface area contributed by atoms with Gasteiger partial charge in [0, 0.05) is 0 Å². The van der Waals surface area contributed by atoms with Crippen molar-refractivity contribution in [3.05, 3.63) is 176 Å². The van der Waals surface area contributed by atoms with Crippen LogP contribution in [-0.4, -0.2) is 0 Å². The molecule has 0 N–H and O–H groups in total. The van der Waals surface area contributed by atoms with E-state index in [0.29, 0.717) is 0 Å². The minimum absolute atomic E-state index is 0.0425. The molecule has 0 saturated heterocycles. The molecule has 4 bridgehead atoms. The Balaban J connectivity index is 0.00000187. The first-order valence-electron chi connectivity index (χ1n) is 21.2. The number of halogens is 28. The van der Waals surface area contributed by atoms with Crippen LogP contribution in [0.2, 0.25) is 0 Å². The summed E-state index contributed by atoms with van der Waals surface area (Å²) >= 11 is -0.211. The van der Waals surface area contributed by atoms with Crippen molar-refractivity contribution in [1.82, 2.24) is 0 Å². The Kier molecular flexibility index (Phi) is 21.8. The number of hydrogen-bond acceptors (Lipinski definition) is 0. The molecule has 32 heteroatoms.